The van der Waals surface area contributed by atoms with E-state index in [0.29, 0.717) is 6.42 Å². The smallest absolute Gasteiger partial charge is 0.223 e. The SMILES string of the molecule is Cc1ccsc1CCC(=O)N1CCN(c2cc(-n3cccn3)ncn2)CC1. The van der Waals surface area contributed by atoms with E-state index >= 15 is 0 Å². The van der Waals surface area contributed by atoms with Gasteiger partial charge >= 0.3 is 0 Å². The van der Waals surface area contributed by atoms with Crippen LogP contribution in [0.25, 0.3) is 5.82 Å². The first kappa shape index (κ1) is 17.7. The van der Waals surface area contributed by atoms with E-state index in [2.05, 4.69) is 38.3 Å². The summed E-state index contributed by atoms with van der Waals surface area (Å²) in [4.78, 5) is 26.7. The number of aromatic nitrogens is 4. The number of thiophene rings is 1. The van der Waals surface area contributed by atoms with Gasteiger partial charge in [-0.2, -0.15) is 5.10 Å². The Morgan fingerprint density at radius 1 is 1.19 bits per heavy atom. The first-order chi connectivity index (χ1) is 13.2. The molecule has 3 aromatic rings. The molecule has 0 bridgehead atoms. The summed E-state index contributed by atoms with van der Waals surface area (Å²) in [6, 6.07) is 5.91. The van der Waals surface area contributed by atoms with Crippen LogP contribution in [0.3, 0.4) is 0 Å². The molecule has 1 aliphatic rings. The Bertz CT molecular complexity index is 899. The maximum atomic E-state index is 12.5. The van der Waals surface area contributed by atoms with Crippen molar-refractivity contribution in [2.45, 2.75) is 19.8 Å². The lowest BCUT2D eigenvalue weighted by Crippen LogP contribution is -2.49. The minimum Gasteiger partial charge on any atom is -0.353 e. The largest absolute Gasteiger partial charge is 0.353 e. The average Bonchev–Trinajstić information content (AvgIpc) is 3.38. The summed E-state index contributed by atoms with van der Waals surface area (Å²) in [5.41, 5.74) is 1.29. The number of amides is 1. The number of anilines is 1. The lowest BCUT2D eigenvalue weighted by atomic mass is 10.2. The normalized spacial score (nSPS) is 14.6. The molecule has 0 saturated carbocycles. The van der Waals surface area contributed by atoms with Crippen LogP contribution in [0.2, 0.25) is 0 Å². The van der Waals surface area contributed by atoms with Crippen molar-refractivity contribution in [2.24, 2.45) is 0 Å². The Balaban J connectivity index is 1.33. The predicted octanol–water partition coefficient (Wildman–Crippen LogP) is 2.31. The molecule has 1 aliphatic heterocycles. The van der Waals surface area contributed by atoms with Crippen molar-refractivity contribution in [3.8, 4) is 5.82 Å². The van der Waals surface area contributed by atoms with E-state index in [1.807, 2.05) is 23.2 Å². The molecule has 8 heteroatoms. The number of carbonyl (C=O) groups excluding carboxylic acids is 1. The van der Waals surface area contributed by atoms with Crippen LogP contribution in [-0.4, -0.2) is 56.7 Å². The average molecular weight is 382 g/mol. The van der Waals surface area contributed by atoms with E-state index in [4.69, 9.17) is 0 Å². The molecule has 0 aromatic carbocycles. The maximum Gasteiger partial charge on any atom is 0.223 e. The van der Waals surface area contributed by atoms with E-state index in [9.17, 15) is 4.79 Å². The van der Waals surface area contributed by atoms with Gasteiger partial charge in [0.1, 0.15) is 12.1 Å². The topological polar surface area (TPSA) is 67.2 Å². The molecule has 27 heavy (non-hydrogen) atoms. The molecule has 0 unspecified atom stereocenters. The van der Waals surface area contributed by atoms with Crippen LogP contribution in [-0.2, 0) is 11.2 Å². The third-order valence-corrected chi connectivity index (χ3v) is 5.95. The van der Waals surface area contributed by atoms with Crippen LogP contribution in [0.15, 0.2) is 42.3 Å². The molecule has 4 heterocycles. The second-order valence-electron chi connectivity index (χ2n) is 6.58. The number of aryl methyl sites for hydroxylation is 2. The van der Waals surface area contributed by atoms with Crippen molar-refractivity contribution in [1.82, 2.24) is 24.6 Å². The third kappa shape index (κ3) is 4.00. The Morgan fingerprint density at radius 2 is 2.00 bits per heavy atom. The van der Waals surface area contributed by atoms with Gasteiger partial charge in [0.2, 0.25) is 5.91 Å². The molecule has 0 N–H and O–H groups in total. The summed E-state index contributed by atoms with van der Waals surface area (Å²) in [5, 5.41) is 6.30. The molecule has 3 aromatic heterocycles. The fraction of sp³-hybridized carbons (Fsp3) is 0.368. The molecule has 0 aliphatic carbocycles. The van der Waals surface area contributed by atoms with Gasteiger partial charge in [0.15, 0.2) is 5.82 Å². The number of hydrogen-bond donors (Lipinski definition) is 0. The van der Waals surface area contributed by atoms with Crippen LogP contribution >= 0.6 is 11.3 Å². The van der Waals surface area contributed by atoms with Crippen LogP contribution in [0, 0.1) is 6.92 Å². The van der Waals surface area contributed by atoms with Crippen molar-refractivity contribution in [3.63, 3.8) is 0 Å². The molecule has 0 atom stereocenters. The second kappa shape index (κ2) is 7.87. The number of piperazine rings is 1. The van der Waals surface area contributed by atoms with Gasteiger partial charge in [0.25, 0.3) is 0 Å². The molecular formula is C19H22N6OS. The number of rotatable bonds is 5. The van der Waals surface area contributed by atoms with E-state index in [0.717, 1.165) is 44.2 Å². The summed E-state index contributed by atoms with van der Waals surface area (Å²) < 4.78 is 1.72. The van der Waals surface area contributed by atoms with Gasteiger partial charge in [-0.05, 0) is 36.4 Å². The molecule has 4 rings (SSSR count). The van der Waals surface area contributed by atoms with Crippen molar-refractivity contribution in [3.05, 3.63) is 52.7 Å². The van der Waals surface area contributed by atoms with Gasteiger partial charge in [0, 0.05) is 55.9 Å². The lowest BCUT2D eigenvalue weighted by molar-refractivity contribution is -0.131. The number of hydrogen-bond acceptors (Lipinski definition) is 6. The highest BCUT2D eigenvalue weighted by atomic mass is 32.1. The van der Waals surface area contributed by atoms with Crippen LogP contribution in [0.1, 0.15) is 16.9 Å². The molecule has 7 nitrogen and oxygen atoms in total. The maximum absolute atomic E-state index is 12.5. The van der Waals surface area contributed by atoms with E-state index in [1.54, 1.807) is 28.5 Å². The number of nitrogens with zero attached hydrogens (tertiary/aromatic N) is 6. The van der Waals surface area contributed by atoms with Gasteiger partial charge in [0.05, 0.1) is 0 Å². The van der Waals surface area contributed by atoms with Crippen LogP contribution in [0.5, 0.6) is 0 Å². The number of carbonyl (C=O) groups is 1. The minimum atomic E-state index is 0.238. The fourth-order valence-corrected chi connectivity index (χ4v) is 4.17. The van der Waals surface area contributed by atoms with Gasteiger partial charge in [-0.25, -0.2) is 14.6 Å². The first-order valence-electron chi connectivity index (χ1n) is 9.08. The van der Waals surface area contributed by atoms with Gasteiger partial charge in [-0.15, -0.1) is 11.3 Å². The molecule has 0 spiro atoms. The van der Waals surface area contributed by atoms with E-state index in [1.165, 1.54) is 10.4 Å². The van der Waals surface area contributed by atoms with Crippen molar-refractivity contribution < 1.29 is 4.79 Å². The first-order valence-corrected chi connectivity index (χ1v) is 9.96. The highest BCUT2D eigenvalue weighted by Crippen LogP contribution is 2.19. The van der Waals surface area contributed by atoms with Crippen LogP contribution in [0.4, 0.5) is 5.82 Å². The van der Waals surface area contributed by atoms with Crippen molar-refractivity contribution >= 4 is 23.1 Å². The quantitative estimate of drug-likeness (QED) is 0.677. The minimum absolute atomic E-state index is 0.238. The highest BCUT2D eigenvalue weighted by molar-refractivity contribution is 7.10. The molecular weight excluding hydrogens is 360 g/mol. The van der Waals surface area contributed by atoms with Crippen molar-refractivity contribution in [2.75, 3.05) is 31.1 Å². The van der Waals surface area contributed by atoms with Crippen molar-refractivity contribution in [1.29, 1.82) is 0 Å². The summed E-state index contributed by atoms with van der Waals surface area (Å²) in [5.74, 6) is 1.86. The summed E-state index contributed by atoms with van der Waals surface area (Å²) in [6.45, 7) is 5.11. The Labute approximate surface area is 162 Å². The molecule has 140 valence electrons. The van der Waals surface area contributed by atoms with Gasteiger partial charge < -0.3 is 9.80 Å². The Morgan fingerprint density at radius 3 is 2.70 bits per heavy atom. The molecule has 1 amide bonds. The Hall–Kier alpha value is -2.74. The predicted molar refractivity (Wildman–Crippen MR) is 105 cm³/mol. The van der Waals surface area contributed by atoms with E-state index < -0.39 is 0 Å². The zero-order valence-electron chi connectivity index (χ0n) is 15.3. The van der Waals surface area contributed by atoms with Gasteiger partial charge in [-0.1, -0.05) is 0 Å². The third-order valence-electron chi connectivity index (χ3n) is 4.87. The zero-order chi connectivity index (χ0) is 18.6. The standard InChI is InChI=1S/C19H22N6OS/c1-15-5-12-27-16(15)3-4-19(26)24-10-8-23(9-11-24)17-13-18(21-14-20-17)25-7-2-6-22-25/h2,5-7,12-14H,3-4,8-11H2,1H3. The highest BCUT2D eigenvalue weighted by Gasteiger charge is 2.22. The summed E-state index contributed by atoms with van der Waals surface area (Å²) >= 11 is 1.74. The second-order valence-corrected chi connectivity index (χ2v) is 7.58. The monoisotopic (exact) mass is 382 g/mol. The lowest BCUT2D eigenvalue weighted by Gasteiger charge is -2.35. The summed E-state index contributed by atoms with van der Waals surface area (Å²) in [6.07, 6.45) is 6.56. The fourth-order valence-electron chi connectivity index (χ4n) is 3.26. The van der Waals surface area contributed by atoms with Crippen LogP contribution < -0.4 is 4.90 Å². The molecule has 0 radical (unpaired) electrons. The molecule has 1 fully saturated rings. The van der Waals surface area contributed by atoms with Gasteiger partial charge in [-0.3, -0.25) is 4.79 Å². The molecule has 1 saturated heterocycles. The van der Waals surface area contributed by atoms with E-state index in [-0.39, 0.29) is 5.91 Å². The zero-order valence-corrected chi connectivity index (χ0v) is 16.1. The summed E-state index contributed by atoms with van der Waals surface area (Å²) in [7, 11) is 0. The Kier molecular flexibility index (Phi) is 5.15.